The molecule has 2 aromatic heterocycles. The van der Waals surface area contributed by atoms with Gasteiger partial charge >= 0.3 is 0 Å². The first-order valence-electron chi connectivity index (χ1n) is 7.28. The molecule has 120 valence electrons. The average Bonchev–Trinajstić information content (AvgIpc) is 2.93. The molecule has 1 saturated heterocycles. The number of rotatable bonds is 4. The van der Waals surface area contributed by atoms with Crippen LogP contribution in [0.4, 0.5) is 10.8 Å². The zero-order valence-corrected chi connectivity index (χ0v) is 14.2. The van der Waals surface area contributed by atoms with E-state index in [0.717, 1.165) is 31.1 Å². The number of halogens is 1. The van der Waals surface area contributed by atoms with Gasteiger partial charge in [-0.2, -0.15) is 9.64 Å². The smallest absolute Gasteiger partial charge is 0.162 e. The summed E-state index contributed by atoms with van der Waals surface area (Å²) in [6.07, 6.45) is 2.07. The number of nitrogens with zero attached hydrogens (tertiary/aromatic N) is 4. The lowest BCUT2D eigenvalue weighted by Crippen LogP contribution is -2.41. The van der Waals surface area contributed by atoms with E-state index in [1.165, 1.54) is 11.5 Å². The fourth-order valence-corrected chi connectivity index (χ4v) is 3.33. The quantitative estimate of drug-likeness (QED) is 0.914. The van der Waals surface area contributed by atoms with Crippen LogP contribution in [0.25, 0.3) is 0 Å². The zero-order valence-electron chi connectivity index (χ0n) is 12.6. The maximum Gasteiger partial charge on any atom is 0.162 e. The van der Waals surface area contributed by atoms with Gasteiger partial charge in [0.15, 0.2) is 5.15 Å². The highest BCUT2D eigenvalue weighted by atomic mass is 35.5. The molecule has 0 radical (unpaired) electrons. The van der Waals surface area contributed by atoms with Gasteiger partial charge in [-0.15, -0.1) is 0 Å². The van der Waals surface area contributed by atoms with Gasteiger partial charge in [-0.1, -0.05) is 17.7 Å². The van der Waals surface area contributed by atoms with Crippen LogP contribution >= 0.6 is 23.1 Å². The Balaban J connectivity index is 1.62. The van der Waals surface area contributed by atoms with E-state index in [-0.39, 0.29) is 11.3 Å². The van der Waals surface area contributed by atoms with Crippen molar-refractivity contribution in [1.82, 2.24) is 9.36 Å². The number of hydrogen-bond donors (Lipinski definition) is 1. The lowest BCUT2D eigenvalue weighted by molar-refractivity contribution is 0.0529. The Morgan fingerprint density at radius 1 is 1.57 bits per heavy atom. The van der Waals surface area contributed by atoms with Gasteiger partial charge in [0.05, 0.1) is 12.7 Å². The largest absolute Gasteiger partial charge is 0.375 e. The van der Waals surface area contributed by atoms with Gasteiger partial charge in [0.2, 0.25) is 0 Å². The molecular weight excluding hydrogens is 334 g/mol. The molecule has 1 unspecified atom stereocenters. The van der Waals surface area contributed by atoms with Gasteiger partial charge in [-0.05, 0) is 30.1 Å². The Hall–Kier alpha value is -1.88. The number of ether oxygens (including phenoxy) is 1. The number of morpholine rings is 1. The van der Waals surface area contributed by atoms with Gasteiger partial charge < -0.3 is 15.0 Å². The Kier molecular flexibility index (Phi) is 4.96. The van der Waals surface area contributed by atoms with Gasteiger partial charge in [-0.3, -0.25) is 0 Å². The van der Waals surface area contributed by atoms with Crippen LogP contribution in [0.3, 0.4) is 0 Å². The Morgan fingerprint density at radius 3 is 3.13 bits per heavy atom. The third-order valence-corrected chi connectivity index (χ3v) is 4.77. The predicted molar refractivity (Wildman–Crippen MR) is 91.0 cm³/mol. The van der Waals surface area contributed by atoms with Gasteiger partial charge in [0.25, 0.3) is 0 Å². The molecule has 23 heavy (non-hydrogen) atoms. The van der Waals surface area contributed by atoms with Crippen LogP contribution in [-0.2, 0) is 11.3 Å². The first-order valence-corrected chi connectivity index (χ1v) is 8.43. The van der Waals surface area contributed by atoms with Crippen molar-refractivity contribution < 1.29 is 4.74 Å². The van der Waals surface area contributed by atoms with Crippen molar-refractivity contribution in [2.24, 2.45) is 0 Å². The molecule has 0 amide bonds. The lowest BCUT2D eigenvalue weighted by Gasteiger charge is -2.32. The van der Waals surface area contributed by atoms with Crippen LogP contribution in [0.1, 0.15) is 18.1 Å². The molecule has 1 aliphatic rings. The third-order valence-electron chi connectivity index (χ3n) is 3.59. The number of nitrogens with one attached hydrogen (secondary N) is 1. The highest BCUT2D eigenvalue weighted by molar-refractivity contribution is 7.10. The number of nitriles is 1. The molecular formula is C15H16ClN5OS. The standard InChI is InChI=1S/C15H16ClN5OS/c1-10-9-21(4-5-22-10)13-3-2-11(7-18-13)8-19-15-12(6-17)14(16)20-23-15/h2-3,7,10,19H,4-5,8-9H2,1H3. The van der Waals surface area contributed by atoms with Crippen LogP contribution < -0.4 is 10.2 Å². The average molecular weight is 350 g/mol. The first-order chi connectivity index (χ1) is 11.2. The van der Waals surface area contributed by atoms with E-state index in [1.54, 1.807) is 0 Å². The van der Waals surface area contributed by atoms with Crippen LogP contribution in [0.5, 0.6) is 0 Å². The molecule has 0 aliphatic carbocycles. The molecule has 1 atom stereocenters. The normalized spacial score (nSPS) is 17.8. The number of aromatic nitrogens is 2. The summed E-state index contributed by atoms with van der Waals surface area (Å²) < 4.78 is 9.51. The zero-order chi connectivity index (χ0) is 16.2. The lowest BCUT2D eigenvalue weighted by atomic mass is 10.2. The van der Waals surface area contributed by atoms with Crippen molar-refractivity contribution in [3.63, 3.8) is 0 Å². The van der Waals surface area contributed by atoms with E-state index in [9.17, 15) is 0 Å². The van der Waals surface area contributed by atoms with Crippen LogP contribution in [-0.4, -0.2) is 35.2 Å². The second-order valence-electron chi connectivity index (χ2n) is 5.29. The SMILES string of the molecule is CC1CN(c2ccc(CNc3snc(Cl)c3C#N)cn2)CCO1. The molecule has 0 aromatic carbocycles. The highest BCUT2D eigenvalue weighted by Crippen LogP contribution is 2.28. The van der Waals surface area contributed by atoms with Crippen molar-refractivity contribution >= 4 is 34.0 Å². The van der Waals surface area contributed by atoms with E-state index < -0.39 is 0 Å². The molecule has 0 spiro atoms. The van der Waals surface area contributed by atoms with E-state index >= 15 is 0 Å². The van der Waals surface area contributed by atoms with E-state index in [0.29, 0.717) is 17.1 Å². The Morgan fingerprint density at radius 2 is 2.43 bits per heavy atom. The van der Waals surface area contributed by atoms with E-state index in [1.807, 2.05) is 18.3 Å². The minimum Gasteiger partial charge on any atom is -0.375 e. The second kappa shape index (κ2) is 7.13. The molecule has 8 heteroatoms. The predicted octanol–water partition coefficient (Wildman–Crippen LogP) is 2.90. The van der Waals surface area contributed by atoms with E-state index in [2.05, 4.69) is 32.6 Å². The summed E-state index contributed by atoms with van der Waals surface area (Å²) in [5.74, 6) is 0.961. The number of pyridine rings is 1. The number of anilines is 2. The van der Waals surface area contributed by atoms with Gasteiger partial charge in [0.1, 0.15) is 22.5 Å². The maximum absolute atomic E-state index is 9.05. The topological polar surface area (TPSA) is 74.1 Å². The summed E-state index contributed by atoms with van der Waals surface area (Å²) in [5, 5.41) is 13.2. The van der Waals surface area contributed by atoms with Crippen LogP contribution in [0.2, 0.25) is 5.15 Å². The first kappa shape index (κ1) is 16.0. The molecule has 6 nitrogen and oxygen atoms in total. The Labute approximate surface area is 143 Å². The molecule has 3 heterocycles. The summed E-state index contributed by atoms with van der Waals surface area (Å²) >= 11 is 7.04. The van der Waals surface area contributed by atoms with Crippen molar-refractivity contribution in [3.05, 3.63) is 34.6 Å². The molecule has 0 saturated carbocycles. The molecule has 2 aromatic rings. The molecule has 3 rings (SSSR count). The third kappa shape index (κ3) is 3.72. The van der Waals surface area contributed by atoms with Crippen molar-refractivity contribution in [3.8, 4) is 6.07 Å². The van der Waals surface area contributed by atoms with Crippen LogP contribution in [0.15, 0.2) is 18.3 Å². The summed E-state index contributed by atoms with van der Waals surface area (Å²) in [4.78, 5) is 6.75. The molecule has 1 aliphatic heterocycles. The van der Waals surface area contributed by atoms with Crippen LogP contribution in [0, 0.1) is 11.3 Å². The minimum absolute atomic E-state index is 0.229. The second-order valence-corrected chi connectivity index (χ2v) is 6.43. The summed E-state index contributed by atoms with van der Waals surface area (Å²) in [7, 11) is 0. The number of hydrogen-bond acceptors (Lipinski definition) is 7. The van der Waals surface area contributed by atoms with Crippen molar-refractivity contribution in [1.29, 1.82) is 5.26 Å². The fourth-order valence-electron chi connectivity index (χ4n) is 2.41. The fraction of sp³-hybridized carbons (Fsp3) is 0.400. The van der Waals surface area contributed by atoms with Crippen molar-refractivity contribution in [2.75, 3.05) is 29.9 Å². The minimum atomic E-state index is 0.229. The maximum atomic E-state index is 9.05. The monoisotopic (exact) mass is 349 g/mol. The summed E-state index contributed by atoms with van der Waals surface area (Å²) in [6.45, 7) is 5.09. The summed E-state index contributed by atoms with van der Waals surface area (Å²) in [6, 6.07) is 6.10. The molecule has 1 N–H and O–H groups in total. The van der Waals surface area contributed by atoms with Gasteiger partial charge in [-0.25, -0.2) is 4.98 Å². The highest BCUT2D eigenvalue weighted by Gasteiger charge is 2.17. The van der Waals surface area contributed by atoms with Crippen molar-refractivity contribution in [2.45, 2.75) is 19.6 Å². The molecule has 1 fully saturated rings. The molecule has 0 bridgehead atoms. The Bertz CT molecular complexity index is 712. The van der Waals surface area contributed by atoms with E-state index in [4.69, 9.17) is 21.6 Å². The summed E-state index contributed by atoms with van der Waals surface area (Å²) in [5.41, 5.74) is 1.42. The van der Waals surface area contributed by atoms with Gasteiger partial charge in [0, 0.05) is 25.8 Å².